The van der Waals surface area contributed by atoms with Crippen LogP contribution in [0.1, 0.15) is 29.5 Å². The topological polar surface area (TPSA) is 88.4 Å². The molecule has 1 N–H and O–H groups in total. The summed E-state index contributed by atoms with van der Waals surface area (Å²) < 4.78 is 0. The highest BCUT2D eigenvalue weighted by molar-refractivity contribution is 5.79. The third-order valence-corrected chi connectivity index (χ3v) is 5.04. The van der Waals surface area contributed by atoms with Gasteiger partial charge in [-0.3, -0.25) is 14.9 Å². The van der Waals surface area contributed by atoms with Crippen molar-refractivity contribution in [2.45, 2.75) is 33.2 Å². The van der Waals surface area contributed by atoms with Crippen LogP contribution in [0.5, 0.6) is 0 Å². The molecule has 1 amide bonds. The lowest BCUT2D eigenvalue weighted by molar-refractivity contribution is -0.385. The Balaban J connectivity index is 1.52. The van der Waals surface area contributed by atoms with Gasteiger partial charge < -0.3 is 10.2 Å². The van der Waals surface area contributed by atoms with Gasteiger partial charge in [0.05, 0.1) is 4.92 Å². The number of piperidine rings is 1. The minimum absolute atomic E-state index is 0.00848. The second kappa shape index (κ2) is 8.16. The minimum Gasteiger partial charge on any atom is -0.357 e. The van der Waals surface area contributed by atoms with E-state index in [-0.39, 0.29) is 17.5 Å². The summed E-state index contributed by atoms with van der Waals surface area (Å²) in [6.07, 6.45) is 2.81. The average molecular weight is 368 g/mol. The third kappa shape index (κ3) is 4.61. The second-order valence-corrected chi connectivity index (χ2v) is 7.05. The number of nitrogens with zero attached hydrogens (tertiary/aromatic N) is 3. The van der Waals surface area contributed by atoms with E-state index >= 15 is 0 Å². The Bertz CT molecular complexity index is 828. The maximum absolute atomic E-state index is 12.4. The van der Waals surface area contributed by atoms with E-state index in [2.05, 4.69) is 15.2 Å². The first-order chi connectivity index (χ1) is 12.9. The van der Waals surface area contributed by atoms with Crippen molar-refractivity contribution >= 4 is 17.4 Å². The highest BCUT2D eigenvalue weighted by atomic mass is 16.6. The van der Waals surface area contributed by atoms with Gasteiger partial charge >= 0.3 is 0 Å². The van der Waals surface area contributed by atoms with Crippen LogP contribution in [0.3, 0.4) is 0 Å². The van der Waals surface area contributed by atoms with Gasteiger partial charge in [-0.15, -0.1) is 0 Å². The Kier molecular flexibility index (Phi) is 5.69. The standard InChI is InChI=1S/C20H24N4O3/c1-14-3-5-16(6-4-14)12-22-20(25)17-7-9-23(10-8-17)19-11-15(2)18(13-21-19)24(26)27/h3-6,11,13,17H,7-10,12H2,1-2H3,(H,22,25). The molecule has 0 aliphatic carbocycles. The molecule has 0 spiro atoms. The average Bonchev–Trinajstić information content (AvgIpc) is 2.67. The number of nitrogens with one attached hydrogen (secondary N) is 1. The van der Waals surface area contributed by atoms with Gasteiger partial charge in [0.25, 0.3) is 5.69 Å². The monoisotopic (exact) mass is 368 g/mol. The quantitative estimate of drug-likeness (QED) is 0.647. The number of nitro groups is 1. The van der Waals surface area contributed by atoms with Crippen LogP contribution >= 0.6 is 0 Å². The lowest BCUT2D eigenvalue weighted by atomic mass is 9.95. The Morgan fingerprint density at radius 3 is 2.52 bits per heavy atom. The fourth-order valence-corrected chi connectivity index (χ4v) is 3.31. The van der Waals surface area contributed by atoms with Crippen LogP contribution in [0.15, 0.2) is 36.5 Å². The molecule has 142 valence electrons. The van der Waals surface area contributed by atoms with Crippen molar-refractivity contribution < 1.29 is 9.72 Å². The van der Waals surface area contributed by atoms with Gasteiger partial charge in [0.1, 0.15) is 12.0 Å². The van der Waals surface area contributed by atoms with E-state index in [1.807, 2.05) is 31.2 Å². The van der Waals surface area contributed by atoms with Crippen LogP contribution in [0.4, 0.5) is 11.5 Å². The molecular formula is C20H24N4O3. The fraction of sp³-hybridized carbons (Fsp3) is 0.400. The zero-order valence-electron chi connectivity index (χ0n) is 15.6. The Morgan fingerprint density at radius 2 is 1.93 bits per heavy atom. The number of aromatic nitrogens is 1. The molecule has 0 bridgehead atoms. The van der Waals surface area contributed by atoms with Gasteiger partial charge in [-0.25, -0.2) is 4.98 Å². The lowest BCUT2D eigenvalue weighted by Crippen LogP contribution is -2.40. The van der Waals surface area contributed by atoms with Gasteiger partial charge in [-0.2, -0.15) is 0 Å². The Morgan fingerprint density at radius 1 is 1.26 bits per heavy atom. The molecule has 7 heteroatoms. The summed E-state index contributed by atoms with van der Waals surface area (Å²) in [4.78, 5) is 29.2. The van der Waals surface area contributed by atoms with E-state index in [9.17, 15) is 14.9 Å². The number of amides is 1. The molecule has 0 unspecified atom stereocenters. The first-order valence-electron chi connectivity index (χ1n) is 9.13. The first-order valence-corrected chi connectivity index (χ1v) is 9.13. The van der Waals surface area contributed by atoms with Gasteiger partial charge in [0, 0.05) is 31.1 Å². The van der Waals surface area contributed by atoms with Crippen LogP contribution in [0.2, 0.25) is 0 Å². The summed E-state index contributed by atoms with van der Waals surface area (Å²) in [6.45, 7) is 5.73. The molecule has 0 saturated carbocycles. The van der Waals surface area contributed by atoms with Crippen molar-refractivity contribution in [3.63, 3.8) is 0 Å². The van der Waals surface area contributed by atoms with E-state index < -0.39 is 4.92 Å². The molecule has 2 heterocycles. The van der Waals surface area contributed by atoms with Crippen molar-refractivity contribution in [2.24, 2.45) is 5.92 Å². The predicted molar refractivity (Wildman–Crippen MR) is 104 cm³/mol. The summed E-state index contributed by atoms with van der Waals surface area (Å²) in [5.74, 6) is 0.811. The summed E-state index contributed by atoms with van der Waals surface area (Å²) >= 11 is 0. The summed E-state index contributed by atoms with van der Waals surface area (Å²) in [7, 11) is 0. The highest BCUT2D eigenvalue weighted by Gasteiger charge is 2.26. The van der Waals surface area contributed by atoms with Gasteiger partial charge in [-0.05, 0) is 38.3 Å². The van der Waals surface area contributed by atoms with Gasteiger partial charge in [-0.1, -0.05) is 29.8 Å². The molecule has 1 aromatic heterocycles. The van der Waals surface area contributed by atoms with E-state index in [4.69, 9.17) is 0 Å². The van der Waals surface area contributed by atoms with Crippen molar-refractivity contribution in [2.75, 3.05) is 18.0 Å². The number of hydrogen-bond donors (Lipinski definition) is 1. The van der Waals surface area contributed by atoms with Crippen molar-refractivity contribution in [1.29, 1.82) is 0 Å². The number of carbonyl (C=O) groups is 1. The number of hydrogen-bond acceptors (Lipinski definition) is 5. The molecule has 1 aliphatic rings. The molecule has 1 aromatic carbocycles. The summed E-state index contributed by atoms with van der Waals surface area (Å²) in [5, 5.41) is 13.9. The molecule has 1 aliphatic heterocycles. The van der Waals surface area contributed by atoms with Gasteiger partial charge in [0.2, 0.25) is 5.91 Å². The number of benzene rings is 1. The first kappa shape index (κ1) is 18.8. The maximum Gasteiger partial charge on any atom is 0.290 e. The predicted octanol–water partition coefficient (Wildman–Crippen LogP) is 3.14. The molecule has 1 fully saturated rings. The minimum atomic E-state index is -0.420. The van der Waals surface area contributed by atoms with Crippen molar-refractivity contribution in [1.82, 2.24) is 10.3 Å². The van der Waals surface area contributed by atoms with Crippen molar-refractivity contribution in [3.05, 3.63) is 63.3 Å². The molecule has 27 heavy (non-hydrogen) atoms. The fourth-order valence-electron chi connectivity index (χ4n) is 3.31. The smallest absolute Gasteiger partial charge is 0.290 e. The highest BCUT2D eigenvalue weighted by Crippen LogP contribution is 2.25. The Hall–Kier alpha value is -2.96. The van der Waals surface area contributed by atoms with Crippen LogP contribution in [-0.2, 0) is 11.3 Å². The summed E-state index contributed by atoms with van der Waals surface area (Å²) in [5.41, 5.74) is 2.93. The Labute approximate surface area is 158 Å². The number of anilines is 1. The van der Waals surface area contributed by atoms with E-state index in [0.29, 0.717) is 25.2 Å². The zero-order chi connectivity index (χ0) is 19.4. The largest absolute Gasteiger partial charge is 0.357 e. The zero-order valence-corrected chi connectivity index (χ0v) is 15.6. The normalized spacial score (nSPS) is 14.8. The maximum atomic E-state index is 12.4. The van der Waals surface area contributed by atoms with Crippen LogP contribution in [0.25, 0.3) is 0 Å². The van der Waals surface area contributed by atoms with E-state index in [1.54, 1.807) is 13.0 Å². The molecule has 7 nitrogen and oxygen atoms in total. The van der Waals surface area contributed by atoms with Crippen molar-refractivity contribution in [3.8, 4) is 0 Å². The van der Waals surface area contributed by atoms with E-state index in [1.165, 1.54) is 11.8 Å². The molecule has 3 rings (SSSR count). The molecule has 1 saturated heterocycles. The van der Waals surface area contributed by atoms with Crippen LogP contribution < -0.4 is 10.2 Å². The van der Waals surface area contributed by atoms with Crippen LogP contribution in [0, 0.1) is 29.9 Å². The lowest BCUT2D eigenvalue weighted by Gasteiger charge is -2.32. The number of aryl methyl sites for hydroxylation is 2. The molecule has 0 atom stereocenters. The number of rotatable bonds is 5. The van der Waals surface area contributed by atoms with E-state index in [0.717, 1.165) is 24.2 Å². The second-order valence-electron chi connectivity index (χ2n) is 7.05. The number of carbonyl (C=O) groups excluding carboxylic acids is 1. The van der Waals surface area contributed by atoms with Crippen LogP contribution in [-0.4, -0.2) is 28.9 Å². The van der Waals surface area contributed by atoms with Gasteiger partial charge in [0.15, 0.2) is 0 Å². The SMILES string of the molecule is Cc1ccc(CNC(=O)C2CCN(c3cc(C)c([N+](=O)[O-])cn3)CC2)cc1. The molecular weight excluding hydrogens is 344 g/mol. The molecule has 0 radical (unpaired) electrons. The third-order valence-electron chi connectivity index (χ3n) is 5.04. The summed E-state index contributed by atoms with van der Waals surface area (Å²) in [6, 6.07) is 9.88. The number of pyridine rings is 1. The molecule has 2 aromatic rings.